The summed E-state index contributed by atoms with van der Waals surface area (Å²) in [4.78, 5) is 3.31. The predicted molar refractivity (Wildman–Crippen MR) is 172 cm³/mol. The van der Waals surface area contributed by atoms with E-state index >= 15 is 0 Å². The van der Waals surface area contributed by atoms with Crippen LogP contribution in [0.4, 0.5) is 0 Å². The van der Waals surface area contributed by atoms with Gasteiger partial charge in [-0.2, -0.15) is 0 Å². The highest BCUT2D eigenvalue weighted by Gasteiger charge is 2.31. The highest BCUT2D eigenvalue weighted by molar-refractivity contribution is 5.85. The fourth-order valence-corrected chi connectivity index (χ4v) is 6.95. The van der Waals surface area contributed by atoms with Gasteiger partial charge in [0.2, 0.25) is 0 Å². The number of benzene rings is 2. The topological polar surface area (TPSA) is 39.9 Å². The van der Waals surface area contributed by atoms with Crippen LogP contribution in [0.3, 0.4) is 0 Å². The zero-order valence-electron chi connectivity index (χ0n) is 25.0. The molecule has 2 aliphatic carbocycles. The lowest BCUT2D eigenvalue weighted by atomic mass is 9.79. The summed E-state index contributed by atoms with van der Waals surface area (Å²) in [7, 11) is 0. The molecule has 3 nitrogen and oxygen atoms in total. The molecule has 0 amide bonds. The van der Waals surface area contributed by atoms with Gasteiger partial charge in [0.05, 0.1) is 0 Å². The number of aromatic amines is 1. The molecule has 3 aromatic rings. The molecule has 2 aromatic carbocycles. The second-order valence-electron chi connectivity index (χ2n) is 12.4. The Morgan fingerprint density at radius 3 is 2.50 bits per heavy atom. The number of nitrogens with one attached hydrogen (secondary N) is 3. The number of hydrogen-bond acceptors (Lipinski definition) is 2. The first-order valence-electron chi connectivity index (χ1n) is 15.7. The smallest absolute Gasteiger partial charge is 0.0454 e. The molecule has 0 bridgehead atoms. The Morgan fingerprint density at radius 1 is 0.975 bits per heavy atom. The Bertz CT molecular complexity index is 1350. The molecule has 40 heavy (non-hydrogen) atoms. The van der Waals surface area contributed by atoms with E-state index in [1.807, 2.05) is 6.20 Å². The molecule has 0 spiro atoms. The van der Waals surface area contributed by atoms with Gasteiger partial charge < -0.3 is 15.6 Å². The van der Waals surface area contributed by atoms with Crippen LogP contribution >= 0.6 is 0 Å². The van der Waals surface area contributed by atoms with Crippen molar-refractivity contribution < 1.29 is 0 Å². The Hall–Kier alpha value is -3.04. The minimum Gasteiger partial charge on any atom is -0.362 e. The third-order valence-corrected chi connectivity index (χ3v) is 9.50. The average Bonchev–Trinajstić information content (AvgIpc) is 3.66. The van der Waals surface area contributed by atoms with Gasteiger partial charge in [-0.15, -0.1) is 0 Å². The largest absolute Gasteiger partial charge is 0.362 e. The Balaban J connectivity index is 1.34. The molecular weight excluding hydrogens is 486 g/mol. The van der Waals surface area contributed by atoms with E-state index < -0.39 is 0 Å². The van der Waals surface area contributed by atoms with Gasteiger partial charge in [0.1, 0.15) is 0 Å². The summed E-state index contributed by atoms with van der Waals surface area (Å²) in [5, 5.41) is 8.97. The van der Waals surface area contributed by atoms with Crippen LogP contribution in [0.25, 0.3) is 22.0 Å². The molecule has 212 valence electrons. The van der Waals surface area contributed by atoms with E-state index in [1.54, 1.807) is 0 Å². The molecule has 0 radical (unpaired) electrons. The monoisotopic (exact) mass is 535 g/mol. The summed E-state index contributed by atoms with van der Waals surface area (Å²) >= 11 is 0. The quantitative estimate of drug-likeness (QED) is 0.204. The standard InChI is InChI=1S/C37H49N3/c1-5-21-37(22-8-11-30-9-6-7-10-30,39-26-29(4)40-35-18-12-27(2)28(3)24-35)34-16-13-31(14-17-34)32-15-19-36-33(25-32)20-23-38-36/h13-17,19-20,23-25,30,38-40H,4-12,18,21-22,26H2,1-3H3. The normalized spacial score (nSPS) is 17.7. The minimum absolute atomic E-state index is 0.0472. The first kappa shape index (κ1) is 28.5. The zero-order chi connectivity index (χ0) is 28.0. The van der Waals surface area contributed by atoms with Crippen LogP contribution in [-0.2, 0) is 5.54 Å². The molecule has 0 aliphatic heterocycles. The summed E-state index contributed by atoms with van der Waals surface area (Å²) in [6.07, 6.45) is 18.3. The maximum Gasteiger partial charge on any atom is 0.0454 e. The molecular formula is C37H49N3. The van der Waals surface area contributed by atoms with Gasteiger partial charge in [0.25, 0.3) is 0 Å². The maximum absolute atomic E-state index is 4.43. The summed E-state index contributed by atoms with van der Waals surface area (Å²) < 4.78 is 0. The van der Waals surface area contributed by atoms with Crippen molar-refractivity contribution in [3.63, 3.8) is 0 Å². The van der Waals surface area contributed by atoms with Gasteiger partial charge in [-0.05, 0) is 91.8 Å². The number of rotatable bonds is 13. The van der Waals surface area contributed by atoms with E-state index in [4.69, 9.17) is 0 Å². The van der Waals surface area contributed by atoms with Crippen molar-refractivity contribution in [2.75, 3.05) is 6.54 Å². The average molecular weight is 536 g/mol. The molecule has 5 rings (SSSR count). The van der Waals surface area contributed by atoms with Crippen LogP contribution in [0.2, 0.25) is 0 Å². The molecule has 0 saturated heterocycles. The Labute approximate surface area is 242 Å². The summed E-state index contributed by atoms with van der Waals surface area (Å²) in [6.45, 7) is 12.0. The fraction of sp³-hybridized carbons (Fsp3) is 0.459. The lowest BCUT2D eigenvalue weighted by Gasteiger charge is -2.37. The summed E-state index contributed by atoms with van der Waals surface area (Å²) in [6, 6.07) is 18.2. The first-order valence-corrected chi connectivity index (χ1v) is 15.7. The third kappa shape index (κ3) is 6.81. The SMILES string of the molecule is C=C(CNC(CCC)(CCCC1CCCC1)c1ccc(-c2ccc3[nH]ccc3c2)cc1)NC1=CC(C)=C(C)CC1. The maximum atomic E-state index is 4.43. The van der Waals surface area contributed by atoms with E-state index in [1.165, 1.54) is 89.4 Å². The lowest BCUT2D eigenvalue weighted by molar-refractivity contribution is 0.272. The molecule has 1 fully saturated rings. The second-order valence-corrected chi connectivity index (χ2v) is 12.4. The van der Waals surface area contributed by atoms with Crippen LogP contribution < -0.4 is 10.6 Å². The van der Waals surface area contributed by atoms with Gasteiger partial charge in [-0.1, -0.05) is 99.9 Å². The van der Waals surface area contributed by atoms with Crippen molar-refractivity contribution in [1.29, 1.82) is 0 Å². The summed E-state index contributed by atoms with van der Waals surface area (Å²) in [5.41, 5.74) is 10.3. The molecule has 2 aliphatic rings. The van der Waals surface area contributed by atoms with Gasteiger partial charge in [-0.3, -0.25) is 0 Å². The van der Waals surface area contributed by atoms with Crippen molar-refractivity contribution in [2.45, 2.75) is 96.9 Å². The van der Waals surface area contributed by atoms with Gasteiger partial charge in [-0.25, -0.2) is 0 Å². The van der Waals surface area contributed by atoms with Crippen molar-refractivity contribution in [3.8, 4) is 11.1 Å². The summed E-state index contributed by atoms with van der Waals surface area (Å²) in [5.74, 6) is 0.930. The van der Waals surface area contributed by atoms with Crippen LogP contribution in [0.15, 0.2) is 89.9 Å². The van der Waals surface area contributed by atoms with Crippen LogP contribution in [0.1, 0.15) is 97.0 Å². The van der Waals surface area contributed by atoms with E-state index in [9.17, 15) is 0 Å². The molecule has 1 heterocycles. The van der Waals surface area contributed by atoms with E-state index in [-0.39, 0.29) is 5.54 Å². The van der Waals surface area contributed by atoms with E-state index in [0.29, 0.717) is 0 Å². The van der Waals surface area contributed by atoms with Crippen LogP contribution in [-0.4, -0.2) is 11.5 Å². The molecule has 3 heteroatoms. The highest BCUT2D eigenvalue weighted by Crippen LogP contribution is 2.37. The molecule has 1 aromatic heterocycles. The van der Waals surface area contributed by atoms with Gasteiger partial charge >= 0.3 is 0 Å². The number of aromatic nitrogens is 1. The first-order chi connectivity index (χ1) is 19.5. The van der Waals surface area contributed by atoms with Crippen molar-refractivity contribution in [1.82, 2.24) is 15.6 Å². The minimum atomic E-state index is -0.0472. The number of H-pyrrole nitrogens is 1. The Morgan fingerprint density at radius 2 is 1.75 bits per heavy atom. The second kappa shape index (κ2) is 13.1. The van der Waals surface area contributed by atoms with Crippen molar-refractivity contribution in [3.05, 3.63) is 95.5 Å². The molecule has 1 atom stereocenters. The van der Waals surface area contributed by atoms with Crippen molar-refractivity contribution >= 4 is 10.9 Å². The van der Waals surface area contributed by atoms with E-state index in [2.05, 4.69) is 97.6 Å². The number of hydrogen-bond donors (Lipinski definition) is 3. The third-order valence-electron chi connectivity index (χ3n) is 9.50. The predicted octanol–water partition coefficient (Wildman–Crippen LogP) is 9.90. The molecule has 1 saturated carbocycles. The van der Waals surface area contributed by atoms with E-state index in [0.717, 1.165) is 43.8 Å². The molecule has 1 unspecified atom stereocenters. The van der Waals surface area contributed by atoms with Crippen LogP contribution in [0, 0.1) is 5.92 Å². The highest BCUT2D eigenvalue weighted by atomic mass is 15.0. The lowest BCUT2D eigenvalue weighted by Crippen LogP contribution is -2.44. The van der Waals surface area contributed by atoms with Gasteiger partial charge in [0, 0.05) is 35.2 Å². The van der Waals surface area contributed by atoms with Gasteiger partial charge in [0.15, 0.2) is 0 Å². The van der Waals surface area contributed by atoms with Crippen LogP contribution in [0.5, 0.6) is 0 Å². The number of allylic oxidation sites excluding steroid dienone is 4. The number of fused-ring (bicyclic) bond motifs is 1. The zero-order valence-corrected chi connectivity index (χ0v) is 25.0. The Kier molecular flexibility index (Phi) is 9.32. The fourth-order valence-electron chi connectivity index (χ4n) is 6.95. The molecule has 3 N–H and O–H groups in total. The van der Waals surface area contributed by atoms with Crippen molar-refractivity contribution in [2.24, 2.45) is 5.92 Å².